The standard InChI is InChI=1S/C13H25FN2O5/c1-4-6(14)9(17)13(19)16-8-5-7(15)11(20-2)12(21-3)10(8)18/h6-12,17-18H,4-5,15H2,1-3H3,(H,16,19)/t6?,7-,8+,9?,10-,11+,12+/m0/s1. The average molecular weight is 308 g/mol. The van der Waals surface area contributed by atoms with Crippen LogP contribution < -0.4 is 11.1 Å². The van der Waals surface area contributed by atoms with Crippen LogP contribution in [0.2, 0.25) is 0 Å². The number of hydrogen-bond donors (Lipinski definition) is 4. The first kappa shape index (κ1) is 18.2. The Kier molecular flexibility index (Phi) is 6.95. The number of rotatable bonds is 6. The fraction of sp³-hybridized carbons (Fsp3) is 0.923. The van der Waals surface area contributed by atoms with Crippen LogP contribution in [0.3, 0.4) is 0 Å². The molecule has 1 aliphatic carbocycles. The molecule has 0 aliphatic heterocycles. The summed E-state index contributed by atoms with van der Waals surface area (Å²) < 4.78 is 23.7. The lowest BCUT2D eigenvalue weighted by atomic mass is 9.84. The van der Waals surface area contributed by atoms with Crippen LogP contribution in [-0.4, -0.2) is 73.0 Å². The number of nitrogens with one attached hydrogen (secondary N) is 1. The van der Waals surface area contributed by atoms with Gasteiger partial charge in [-0.15, -0.1) is 0 Å². The smallest absolute Gasteiger partial charge is 0.252 e. The Balaban J connectivity index is 2.73. The molecule has 0 saturated heterocycles. The molecule has 0 spiro atoms. The van der Waals surface area contributed by atoms with Crippen molar-refractivity contribution in [1.82, 2.24) is 5.32 Å². The van der Waals surface area contributed by atoms with Crippen molar-refractivity contribution < 1.29 is 28.9 Å². The Labute approximate surface area is 123 Å². The van der Waals surface area contributed by atoms with E-state index in [-0.39, 0.29) is 12.8 Å². The van der Waals surface area contributed by atoms with E-state index in [1.54, 1.807) is 0 Å². The van der Waals surface area contributed by atoms with Gasteiger partial charge in [0.25, 0.3) is 5.91 Å². The van der Waals surface area contributed by atoms with Crippen molar-refractivity contribution in [2.45, 2.75) is 62.4 Å². The molecule has 124 valence electrons. The number of ether oxygens (including phenoxy) is 2. The summed E-state index contributed by atoms with van der Waals surface area (Å²) in [4.78, 5) is 11.8. The van der Waals surface area contributed by atoms with Gasteiger partial charge in [-0.05, 0) is 12.8 Å². The summed E-state index contributed by atoms with van der Waals surface area (Å²) in [6, 6.07) is -1.19. The number of carbonyl (C=O) groups excluding carboxylic acids is 1. The summed E-state index contributed by atoms with van der Waals surface area (Å²) in [5, 5.41) is 22.2. The first-order chi connectivity index (χ1) is 9.87. The maximum absolute atomic E-state index is 13.3. The second-order valence-electron chi connectivity index (χ2n) is 5.27. The van der Waals surface area contributed by atoms with Crippen molar-refractivity contribution in [3.8, 4) is 0 Å². The molecule has 1 aliphatic rings. The molecule has 0 heterocycles. The minimum absolute atomic E-state index is 0.0216. The minimum Gasteiger partial charge on any atom is -0.388 e. The maximum Gasteiger partial charge on any atom is 0.252 e. The Bertz CT molecular complexity index is 347. The quantitative estimate of drug-likeness (QED) is 0.485. The van der Waals surface area contributed by atoms with Crippen LogP contribution in [0.25, 0.3) is 0 Å². The minimum atomic E-state index is -1.76. The fourth-order valence-corrected chi connectivity index (χ4v) is 2.62. The van der Waals surface area contributed by atoms with Gasteiger partial charge in [0.05, 0.1) is 6.04 Å². The molecule has 5 N–H and O–H groups in total. The third kappa shape index (κ3) is 4.10. The van der Waals surface area contributed by atoms with E-state index < -0.39 is 48.6 Å². The predicted molar refractivity (Wildman–Crippen MR) is 73.3 cm³/mol. The molecule has 0 aromatic heterocycles. The molecule has 8 heteroatoms. The molecule has 1 fully saturated rings. The first-order valence-electron chi connectivity index (χ1n) is 6.99. The van der Waals surface area contributed by atoms with E-state index in [1.807, 2.05) is 0 Å². The molecule has 1 amide bonds. The molecule has 2 unspecified atom stereocenters. The summed E-state index contributed by atoms with van der Waals surface area (Å²) in [6.07, 6.45) is -5.44. The van der Waals surface area contributed by atoms with E-state index in [0.29, 0.717) is 0 Å². The van der Waals surface area contributed by atoms with Gasteiger partial charge in [0, 0.05) is 20.3 Å². The second-order valence-corrected chi connectivity index (χ2v) is 5.27. The Morgan fingerprint density at radius 3 is 2.48 bits per heavy atom. The van der Waals surface area contributed by atoms with Gasteiger partial charge in [-0.25, -0.2) is 4.39 Å². The van der Waals surface area contributed by atoms with Gasteiger partial charge in [-0.3, -0.25) is 4.79 Å². The Hall–Kier alpha value is -0.800. The highest BCUT2D eigenvalue weighted by atomic mass is 19.1. The summed E-state index contributed by atoms with van der Waals surface area (Å²) >= 11 is 0. The number of methoxy groups -OCH3 is 2. The first-order valence-corrected chi connectivity index (χ1v) is 6.99. The zero-order chi connectivity index (χ0) is 16.2. The van der Waals surface area contributed by atoms with Crippen LogP contribution in [0.1, 0.15) is 19.8 Å². The van der Waals surface area contributed by atoms with Crippen LogP contribution in [0.4, 0.5) is 4.39 Å². The van der Waals surface area contributed by atoms with Crippen LogP contribution >= 0.6 is 0 Å². The molecule has 7 nitrogen and oxygen atoms in total. The normalized spacial score (nSPS) is 36.0. The summed E-state index contributed by atoms with van der Waals surface area (Å²) in [5.41, 5.74) is 5.94. The lowest BCUT2D eigenvalue weighted by Gasteiger charge is -2.42. The number of aliphatic hydroxyl groups excluding tert-OH is 2. The fourth-order valence-electron chi connectivity index (χ4n) is 2.62. The number of carbonyl (C=O) groups is 1. The highest BCUT2D eigenvalue weighted by Crippen LogP contribution is 2.24. The van der Waals surface area contributed by atoms with Crippen LogP contribution in [-0.2, 0) is 14.3 Å². The van der Waals surface area contributed by atoms with Gasteiger partial charge >= 0.3 is 0 Å². The van der Waals surface area contributed by atoms with E-state index in [1.165, 1.54) is 21.1 Å². The third-order valence-electron chi connectivity index (χ3n) is 3.89. The second kappa shape index (κ2) is 8.00. The van der Waals surface area contributed by atoms with Crippen molar-refractivity contribution in [3.05, 3.63) is 0 Å². The molecule has 0 aromatic rings. The molecule has 7 atom stereocenters. The number of alkyl halides is 1. The number of aliphatic hydroxyl groups is 2. The molecule has 0 radical (unpaired) electrons. The van der Waals surface area contributed by atoms with Gasteiger partial charge in [0.1, 0.15) is 24.5 Å². The largest absolute Gasteiger partial charge is 0.388 e. The van der Waals surface area contributed by atoms with Gasteiger partial charge in [0.15, 0.2) is 6.10 Å². The average Bonchev–Trinajstić information content (AvgIpc) is 2.48. The Morgan fingerprint density at radius 1 is 1.43 bits per heavy atom. The predicted octanol–water partition coefficient (Wildman–Crippen LogP) is -1.30. The van der Waals surface area contributed by atoms with Crippen molar-refractivity contribution in [2.75, 3.05) is 14.2 Å². The van der Waals surface area contributed by atoms with Crippen molar-refractivity contribution in [2.24, 2.45) is 5.73 Å². The van der Waals surface area contributed by atoms with E-state index >= 15 is 0 Å². The summed E-state index contributed by atoms with van der Waals surface area (Å²) in [7, 11) is 2.86. The molecule has 0 bridgehead atoms. The number of nitrogens with two attached hydrogens (primary N) is 1. The molecule has 0 aromatic carbocycles. The zero-order valence-electron chi connectivity index (χ0n) is 12.5. The summed E-state index contributed by atoms with van der Waals surface area (Å²) in [5.74, 6) is -0.869. The van der Waals surface area contributed by atoms with Gasteiger partial charge in [0.2, 0.25) is 0 Å². The lowest BCUT2D eigenvalue weighted by molar-refractivity contribution is -0.147. The molecule has 1 saturated carbocycles. The van der Waals surface area contributed by atoms with Gasteiger partial charge in [-0.1, -0.05) is 6.92 Å². The van der Waals surface area contributed by atoms with Crippen LogP contribution in [0, 0.1) is 0 Å². The number of hydrogen-bond acceptors (Lipinski definition) is 6. The molecule has 21 heavy (non-hydrogen) atoms. The topological polar surface area (TPSA) is 114 Å². The van der Waals surface area contributed by atoms with Gasteiger partial charge in [-0.2, -0.15) is 0 Å². The van der Waals surface area contributed by atoms with Crippen molar-refractivity contribution in [1.29, 1.82) is 0 Å². The molecule has 1 rings (SSSR count). The van der Waals surface area contributed by atoms with Crippen molar-refractivity contribution in [3.63, 3.8) is 0 Å². The highest BCUT2D eigenvalue weighted by Gasteiger charge is 2.44. The number of halogens is 1. The molecular weight excluding hydrogens is 283 g/mol. The third-order valence-corrected chi connectivity index (χ3v) is 3.89. The van der Waals surface area contributed by atoms with Crippen LogP contribution in [0.15, 0.2) is 0 Å². The highest BCUT2D eigenvalue weighted by molar-refractivity contribution is 5.81. The molecular formula is C13H25FN2O5. The van der Waals surface area contributed by atoms with Crippen LogP contribution in [0.5, 0.6) is 0 Å². The number of amides is 1. The monoisotopic (exact) mass is 308 g/mol. The van der Waals surface area contributed by atoms with E-state index in [0.717, 1.165) is 0 Å². The lowest BCUT2D eigenvalue weighted by Crippen LogP contribution is -2.64. The van der Waals surface area contributed by atoms with E-state index in [2.05, 4.69) is 5.32 Å². The van der Waals surface area contributed by atoms with Crippen molar-refractivity contribution >= 4 is 5.91 Å². The van der Waals surface area contributed by atoms with E-state index in [9.17, 15) is 19.4 Å². The van der Waals surface area contributed by atoms with E-state index in [4.69, 9.17) is 15.2 Å². The zero-order valence-corrected chi connectivity index (χ0v) is 12.5. The van der Waals surface area contributed by atoms with Gasteiger partial charge < -0.3 is 30.7 Å². The Morgan fingerprint density at radius 2 is 2.00 bits per heavy atom. The summed E-state index contributed by atoms with van der Waals surface area (Å²) in [6.45, 7) is 1.52. The SMILES string of the molecule is CCC(F)C(O)C(=O)N[C@@H]1C[C@H](N)[C@@H](OC)[C@H](OC)[C@H]1O. The maximum atomic E-state index is 13.3.